The van der Waals surface area contributed by atoms with Gasteiger partial charge in [-0.2, -0.15) is 0 Å². The summed E-state index contributed by atoms with van der Waals surface area (Å²) in [5.74, 6) is -1.40. The second kappa shape index (κ2) is 5.23. The Balaban J connectivity index is 2.11. The molecule has 0 aliphatic carbocycles. The number of para-hydroxylation sites is 1. The third-order valence-corrected chi connectivity index (χ3v) is 4.34. The number of nitrogens with zero attached hydrogens (tertiary/aromatic N) is 1. The van der Waals surface area contributed by atoms with Gasteiger partial charge >= 0.3 is 0 Å². The molecule has 1 aliphatic rings. The zero-order valence-corrected chi connectivity index (χ0v) is 12.8. The van der Waals surface area contributed by atoms with Gasteiger partial charge in [0.2, 0.25) is 9.05 Å². The molecule has 0 fully saturated rings. The fourth-order valence-corrected chi connectivity index (χ4v) is 3.41. The van der Waals surface area contributed by atoms with Crippen LogP contribution in [-0.4, -0.2) is 20.2 Å². The zero-order chi connectivity index (χ0) is 15.9. The van der Waals surface area contributed by atoms with E-state index >= 15 is 0 Å². The summed E-state index contributed by atoms with van der Waals surface area (Å²) >= 11 is 0. The van der Waals surface area contributed by atoms with Crippen molar-refractivity contribution >= 4 is 37.2 Å². The first-order chi connectivity index (χ1) is 10.4. The molecule has 7 heteroatoms. The van der Waals surface area contributed by atoms with Crippen LogP contribution < -0.4 is 4.90 Å². The average molecular weight is 336 g/mol. The highest BCUT2D eigenvalue weighted by Crippen LogP contribution is 2.31. The van der Waals surface area contributed by atoms with E-state index in [1.54, 1.807) is 36.4 Å². The molecule has 0 N–H and O–H groups in total. The van der Waals surface area contributed by atoms with Crippen LogP contribution in [0, 0.1) is 0 Å². The third kappa shape index (κ3) is 2.51. The standard InChI is InChI=1S/C15H10ClNO4S/c16-22(20,21)9-10-5-1-4-8-13(10)17-14(18)11-6-2-3-7-12(11)15(17)19/h1-8H,9H2. The SMILES string of the molecule is O=C1c2ccccc2C(=O)N1c1ccccc1CS(=O)(=O)Cl. The first-order valence-electron chi connectivity index (χ1n) is 6.36. The number of carbonyl (C=O) groups excluding carboxylic acids is 2. The van der Waals surface area contributed by atoms with Crippen molar-refractivity contribution in [2.75, 3.05) is 4.90 Å². The summed E-state index contributed by atoms with van der Waals surface area (Å²) in [5, 5.41) is 0. The highest BCUT2D eigenvalue weighted by Gasteiger charge is 2.37. The number of benzene rings is 2. The van der Waals surface area contributed by atoms with E-state index in [4.69, 9.17) is 10.7 Å². The van der Waals surface area contributed by atoms with Gasteiger partial charge in [0.25, 0.3) is 11.8 Å². The molecule has 2 aromatic carbocycles. The Bertz CT molecular complexity index is 857. The van der Waals surface area contributed by atoms with E-state index in [1.165, 1.54) is 12.1 Å². The number of amides is 2. The molecule has 1 aliphatic heterocycles. The Kier molecular flexibility index (Phi) is 3.50. The van der Waals surface area contributed by atoms with Gasteiger partial charge in [0.15, 0.2) is 0 Å². The van der Waals surface area contributed by atoms with Crippen LogP contribution in [0.3, 0.4) is 0 Å². The smallest absolute Gasteiger partial charge is 0.266 e. The van der Waals surface area contributed by atoms with Crippen molar-refractivity contribution in [2.45, 2.75) is 5.75 Å². The molecule has 0 saturated carbocycles. The highest BCUT2D eigenvalue weighted by molar-refractivity contribution is 8.13. The topological polar surface area (TPSA) is 71.5 Å². The van der Waals surface area contributed by atoms with Crippen LogP contribution in [0.15, 0.2) is 48.5 Å². The molecule has 0 bridgehead atoms. The number of hydrogen-bond acceptors (Lipinski definition) is 4. The van der Waals surface area contributed by atoms with Crippen molar-refractivity contribution in [2.24, 2.45) is 0 Å². The van der Waals surface area contributed by atoms with Gasteiger partial charge in [-0.1, -0.05) is 30.3 Å². The van der Waals surface area contributed by atoms with E-state index in [9.17, 15) is 18.0 Å². The molecule has 3 rings (SSSR count). The molecule has 112 valence electrons. The monoisotopic (exact) mass is 335 g/mol. The van der Waals surface area contributed by atoms with E-state index in [1.807, 2.05) is 0 Å². The van der Waals surface area contributed by atoms with Gasteiger partial charge in [0.05, 0.1) is 22.6 Å². The molecule has 0 aromatic heterocycles. The number of halogens is 1. The van der Waals surface area contributed by atoms with Crippen LogP contribution in [0.5, 0.6) is 0 Å². The molecule has 1 heterocycles. The molecule has 0 unspecified atom stereocenters. The minimum Gasteiger partial charge on any atom is -0.268 e. The van der Waals surface area contributed by atoms with Crippen molar-refractivity contribution in [1.29, 1.82) is 0 Å². The number of hydrogen-bond donors (Lipinski definition) is 0. The Morgan fingerprint density at radius 1 is 0.864 bits per heavy atom. The zero-order valence-electron chi connectivity index (χ0n) is 11.2. The number of fused-ring (bicyclic) bond motifs is 1. The van der Waals surface area contributed by atoms with Gasteiger partial charge < -0.3 is 0 Å². The van der Waals surface area contributed by atoms with Crippen molar-refractivity contribution in [3.63, 3.8) is 0 Å². The lowest BCUT2D eigenvalue weighted by Gasteiger charge is -2.17. The van der Waals surface area contributed by atoms with Crippen LogP contribution >= 0.6 is 10.7 Å². The first-order valence-corrected chi connectivity index (χ1v) is 8.84. The third-order valence-electron chi connectivity index (χ3n) is 3.35. The predicted molar refractivity (Wildman–Crippen MR) is 82.5 cm³/mol. The normalized spacial score (nSPS) is 14.3. The lowest BCUT2D eigenvalue weighted by atomic mass is 10.1. The van der Waals surface area contributed by atoms with Crippen LogP contribution in [0.2, 0.25) is 0 Å². The molecule has 0 saturated heterocycles. The van der Waals surface area contributed by atoms with Crippen LogP contribution in [0.1, 0.15) is 26.3 Å². The second-order valence-corrected chi connectivity index (χ2v) is 7.58. The summed E-state index contributed by atoms with van der Waals surface area (Å²) < 4.78 is 22.7. The Hall–Kier alpha value is -2.18. The molecular formula is C15H10ClNO4S. The largest absolute Gasteiger partial charge is 0.268 e. The summed E-state index contributed by atoms with van der Waals surface area (Å²) in [6.45, 7) is 0. The van der Waals surface area contributed by atoms with Crippen molar-refractivity contribution in [1.82, 2.24) is 0 Å². The maximum Gasteiger partial charge on any atom is 0.266 e. The van der Waals surface area contributed by atoms with E-state index in [2.05, 4.69) is 0 Å². The van der Waals surface area contributed by atoms with Gasteiger partial charge in [-0.05, 0) is 23.8 Å². The Labute approximate surface area is 131 Å². The van der Waals surface area contributed by atoms with Gasteiger partial charge in [0, 0.05) is 10.7 Å². The summed E-state index contributed by atoms with van der Waals surface area (Å²) in [5.41, 5.74) is 1.14. The molecule has 0 spiro atoms. The Morgan fingerprint density at radius 3 is 1.91 bits per heavy atom. The predicted octanol–water partition coefficient (Wildman–Crippen LogP) is 2.56. The fraction of sp³-hybridized carbons (Fsp3) is 0.0667. The lowest BCUT2D eigenvalue weighted by molar-refractivity contribution is 0.0926. The summed E-state index contributed by atoms with van der Waals surface area (Å²) in [7, 11) is 1.48. The van der Waals surface area contributed by atoms with Gasteiger partial charge in [-0.25, -0.2) is 13.3 Å². The minimum absolute atomic E-state index is 0.234. The number of imide groups is 1. The molecule has 0 atom stereocenters. The Morgan fingerprint density at radius 2 is 1.36 bits per heavy atom. The second-order valence-electron chi connectivity index (χ2n) is 4.80. The number of anilines is 1. The maximum atomic E-state index is 12.4. The van der Waals surface area contributed by atoms with E-state index in [-0.39, 0.29) is 5.69 Å². The average Bonchev–Trinajstić information content (AvgIpc) is 2.71. The van der Waals surface area contributed by atoms with Crippen molar-refractivity contribution in [3.05, 3.63) is 65.2 Å². The van der Waals surface area contributed by atoms with Crippen LogP contribution in [0.25, 0.3) is 0 Å². The van der Waals surface area contributed by atoms with Crippen LogP contribution in [-0.2, 0) is 14.8 Å². The molecule has 0 radical (unpaired) electrons. The van der Waals surface area contributed by atoms with Crippen molar-refractivity contribution in [3.8, 4) is 0 Å². The summed E-state index contributed by atoms with van der Waals surface area (Å²) in [6, 6.07) is 12.8. The number of rotatable bonds is 3. The highest BCUT2D eigenvalue weighted by atomic mass is 35.7. The van der Waals surface area contributed by atoms with E-state index in [0.29, 0.717) is 16.7 Å². The maximum absolute atomic E-state index is 12.4. The summed E-state index contributed by atoms with van der Waals surface area (Å²) in [4.78, 5) is 25.9. The van der Waals surface area contributed by atoms with E-state index in [0.717, 1.165) is 4.90 Å². The molecule has 2 amide bonds. The quantitative estimate of drug-likeness (QED) is 0.638. The van der Waals surface area contributed by atoms with Gasteiger partial charge in [0.1, 0.15) is 0 Å². The minimum atomic E-state index is -3.81. The van der Waals surface area contributed by atoms with Crippen molar-refractivity contribution < 1.29 is 18.0 Å². The number of carbonyl (C=O) groups is 2. The molecular weight excluding hydrogens is 326 g/mol. The van der Waals surface area contributed by atoms with Crippen LogP contribution in [0.4, 0.5) is 5.69 Å². The van der Waals surface area contributed by atoms with Gasteiger partial charge in [-0.15, -0.1) is 0 Å². The fourth-order valence-electron chi connectivity index (χ4n) is 2.44. The molecule has 2 aromatic rings. The van der Waals surface area contributed by atoms with E-state index < -0.39 is 26.6 Å². The molecule has 5 nitrogen and oxygen atoms in total. The lowest BCUT2D eigenvalue weighted by Crippen LogP contribution is -2.30. The summed E-state index contributed by atoms with van der Waals surface area (Å²) in [6.07, 6.45) is 0. The first kappa shape index (κ1) is 14.7. The van der Waals surface area contributed by atoms with Gasteiger partial charge in [-0.3, -0.25) is 9.59 Å². The molecule has 22 heavy (non-hydrogen) atoms.